The summed E-state index contributed by atoms with van der Waals surface area (Å²) in [5.74, 6) is 0.729. The molecule has 1 aliphatic carbocycles. The fraction of sp³-hybridized carbons (Fsp3) is 0.250. The van der Waals surface area contributed by atoms with E-state index >= 15 is 0 Å². The Morgan fingerprint density at radius 1 is 0.560 bits per heavy atom. The van der Waals surface area contributed by atoms with Gasteiger partial charge in [-0.25, -0.2) is 0 Å². The topological polar surface area (TPSA) is 0 Å². The van der Waals surface area contributed by atoms with Gasteiger partial charge in [0.05, 0.1) is 10.9 Å². The molecule has 3 aromatic rings. The van der Waals surface area contributed by atoms with Gasteiger partial charge < -0.3 is 0 Å². The summed E-state index contributed by atoms with van der Waals surface area (Å²) in [6, 6.07) is 31.2. The van der Waals surface area contributed by atoms with Gasteiger partial charge in [0, 0.05) is 5.56 Å². The van der Waals surface area contributed by atoms with Crippen LogP contribution in [0.15, 0.2) is 99.6 Å². The molecule has 0 radical (unpaired) electrons. The second kappa shape index (κ2) is 7.93. The summed E-state index contributed by atoms with van der Waals surface area (Å²) in [4.78, 5) is 4.35. The Morgan fingerprint density at radius 3 is 1.68 bits per heavy atom. The van der Waals surface area contributed by atoms with Crippen molar-refractivity contribution in [3.05, 3.63) is 90.5 Å². The Balaban J connectivity index is 1.83. The predicted octanol–water partition coefficient (Wildman–Crippen LogP) is 6.83. The fourth-order valence-corrected chi connectivity index (χ4v) is 6.24. The van der Waals surface area contributed by atoms with Crippen molar-refractivity contribution in [1.82, 2.24) is 0 Å². The van der Waals surface area contributed by atoms with Gasteiger partial charge in [0.1, 0.15) is 0 Å². The first-order valence-electron chi connectivity index (χ1n) is 9.37. The molecule has 0 aliphatic heterocycles. The summed E-state index contributed by atoms with van der Waals surface area (Å²) < 4.78 is 0. The average Bonchev–Trinajstić information content (AvgIpc) is 2.71. The Hall–Kier alpha value is -1.99. The Bertz CT molecular complexity index is 749. The first-order valence-corrected chi connectivity index (χ1v) is 10.6. The molecule has 126 valence electrons. The van der Waals surface area contributed by atoms with Crippen LogP contribution < -0.4 is 0 Å². The minimum absolute atomic E-state index is 0.0279. The van der Waals surface area contributed by atoms with Crippen LogP contribution in [-0.4, -0.2) is 0 Å². The van der Waals surface area contributed by atoms with Crippen LogP contribution in [0.5, 0.6) is 0 Å². The lowest BCUT2D eigenvalue weighted by Crippen LogP contribution is -2.12. The smallest absolute Gasteiger partial charge is 0.0619 e. The molecule has 1 fully saturated rings. The summed E-state index contributed by atoms with van der Waals surface area (Å²) in [5.41, 5.74) is 1.58. The maximum atomic E-state index is 2.39. The van der Waals surface area contributed by atoms with Crippen LogP contribution in [0, 0.1) is 0 Å². The van der Waals surface area contributed by atoms with Gasteiger partial charge in [-0.15, -0.1) is 0 Å². The van der Waals surface area contributed by atoms with E-state index in [1.807, 2.05) is 0 Å². The van der Waals surface area contributed by atoms with Gasteiger partial charge in [-0.2, -0.15) is 0 Å². The van der Waals surface area contributed by atoms with Crippen LogP contribution in [0.4, 0.5) is 0 Å². The molecule has 0 unspecified atom stereocenters. The minimum atomic E-state index is -0.0279. The number of rotatable bonds is 4. The van der Waals surface area contributed by atoms with Crippen LogP contribution in [-0.2, 0) is 10.9 Å². The summed E-state index contributed by atoms with van der Waals surface area (Å²) in [7, 11) is -0.0279. The van der Waals surface area contributed by atoms with E-state index in [4.69, 9.17) is 0 Å². The van der Waals surface area contributed by atoms with Gasteiger partial charge in [0.25, 0.3) is 0 Å². The third-order valence-corrected chi connectivity index (χ3v) is 7.44. The van der Waals surface area contributed by atoms with Gasteiger partial charge >= 0.3 is 0 Å². The molecule has 0 spiro atoms. The zero-order valence-electron chi connectivity index (χ0n) is 14.6. The van der Waals surface area contributed by atoms with E-state index in [0.717, 1.165) is 5.92 Å². The van der Waals surface area contributed by atoms with Crippen LogP contribution >= 0.6 is 0 Å². The molecule has 1 aliphatic rings. The van der Waals surface area contributed by atoms with E-state index in [2.05, 4.69) is 84.9 Å². The van der Waals surface area contributed by atoms with E-state index in [-0.39, 0.29) is 10.9 Å². The van der Waals surface area contributed by atoms with Crippen LogP contribution in [0.3, 0.4) is 0 Å². The van der Waals surface area contributed by atoms with E-state index < -0.39 is 0 Å². The second-order valence-electron chi connectivity index (χ2n) is 6.81. The average molecular weight is 346 g/mol. The second-order valence-corrected chi connectivity index (χ2v) is 8.80. The number of hydrogen-bond acceptors (Lipinski definition) is 0. The molecule has 25 heavy (non-hydrogen) atoms. The maximum Gasteiger partial charge on any atom is 0.170 e. The summed E-state index contributed by atoms with van der Waals surface area (Å²) >= 11 is 0. The van der Waals surface area contributed by atoms with Gasteiger partial charge in [0.15, 0.2) is 14.7 Å². The molecule has 0 nitrogen and oxygen atoms in total. The first kappa shape index (κ1) is 16.5. The van der Waals surface area contributed by atoms with Crippen molar-refractivity contribution in [3.8, 4) is 0 Å². The zero-order chi connectivity index (χ0) is 16.9. The van der Waals surface area contributed by atoms with Crippen LogP contribution in [0.25, 0.3) is 0 Å². The molecular formula is C24H25S+. The van der Waals surface area contributed by atoms with Crippen LogP contribution in [0.1, 0.15) is 43.6 Å². The standard InChI is InChI=1S/C24H25S/c1-4-12-20(13-5-1)23-18-10-11-19-24(23)25(21-14-6-2-7-15-21)22-16-8-3-9-17-22/h2-3,6-11,14-20H,1,4-5,12-13H2/q+1. The summed E-state index contributed by atoms with van der Waals surface area (Å²) in [6.45, 7) is 0. The molecule has 3 aromatic carbocycles. The molecular weight excluding hydrogens is 320 g/mol. The van der Waals surface area contributed by atoms with Crippen molar-refractivity contribution < 1.29 is 0 Å². The van der Waals surface area contributed by atoms with Crippen molar-refractivity contribution in [1.29, 1.82) is 0 Å². The lowest BCUT2D eigenvalue weighted by molar-refractivity contribution is 0.439. The maximum absolute atomic E-state index is 2.39. The van der Waals surface area contributed by atoms with E-state index in [1.165, 1.54) is 46.8 Å². The van der Waals surface area contributed by atoms with Crippen molar-refractivity contribution in [2.45, 2.75) is 52.7 Å². The molecule has 0 heterocycles. The molecule has 0 aromatic heterocycles. The Kier molecular flexibility index (Phi) is 5.22. The molecule has 0 amide bonds. The van der Waals surface area contributed by atoms with Gasteiger partial charge in [-0.1, -0.05) is 73.9 Å². The molecule has 1 saturated carbocycles. The van der Waals surface area contributed by atoms with Crippen molar-refractivity contribution in [2.75, 3.05) is 0 Å². The summed E-state index contributed by atoms with van der Waals surface area (Å²) in [6.07, 6.45) is 6.85. The third kappa shape index (κ3) is 3.67. The molecule has 0 bridgehead atoms. The van der Waals surface area contributed by atoms with Gasteiger partial charge in [-0.05, 0) is 49.1 Å². The SMILES string of the molecule is c1ccc([S+](c2ccccc2)c2ccccc2C2CCCCC2)cc1. The molecule has 0 saturated heterocycles. The van der Waals surface area contributed by atoms with Gasteiger partial charge in [0.2, 0.25) is 0 Å². The first-order chi connectivity index (χ1) is 12.4. The highest BCUT2D eigenvalue weighted by molar-refractivity contribution is 7.97. The largest absolute Gasteiger partial charge is 0.170 e. The lowest BCUT2D eigenvalue weighted by Gasteiger charge is -2.23. The molecule has 1 heteroatoms. The molecule has 0 N–H and O–H groups in total. The predicted molar refractivity (Wildman–Crippen MR) is 107 cm³/mol. The van der Waals surface area contributed by atoms with Crippen LogP contribution in [0.2, 0.25) is 0 Å². The Morgan fingerprint density at radius 2 is 1.08 bits per heavy atom. The van der Waals surface area contributed by atoms with E-state index in [0.29, 0.717) is 0 Å². The summed E-state index contributed by atoms with van der Waals surface area (Å²) in [5, 5.41) is 0. The van der Waals surface area contributed by atoms with Crippen molar-refractivity contribution in [3.63, 3.8) is 0 Å². The minimum Gasteiger partial charge on any atom is -0.0619 e. The van der Waals surface area contributed by atoms with E-state index in [1.54, 1.807) is 5.56 Å². The molecule has 4 rings (SSSR count). The van der Waals surface area contributed by atoms with Crippen molar-refractivity contribution >= 4 is 10.9 Å². The quantitative estimate of drug-likeness (QED) is 0.455. The van der Waals surface area contributed by atoms with Crippen molar-refractivity contribution in [2.24, 2.45) is 0 Å². The highest BCUT2D eigenvalue weighted by atomic mass is 32.2. The normalized spacial score (nSPS) is 15.4. The Labute approximate surface area is 154 Å². The number of hydrogen-bond donors (Lipinski definition) is 0. The zero-order valence-corrected chi connectivity index (χ0v) is 15.4. The highest BCUT2D eigenvalue weighted by Crippen LogP contribution is 2.40. The highest BCUT2D eigenvalue weighted by Gasteiger charge is 2.33. The number of benzene rings is 3. The fourth-order valence-electron chi connectivity index (χ4n) is 3.92. The lowest BCUT2D eigenvalue weighted by atomic mass is 9.84. The third-order valence-electron chi connectivity index (χ3n) is 5.14. The monoisotopic (exact) mass is 345 g/mol. The molecule has 0 atom stereocenters. The van der Waals surface area contributed by atoms with Gasteiger partial charge in [-0.3, -0.25) is 0 Å². The van der Waals surface area contributed by atoms with E-state index in [9.17, 15) is 0 Å².